The summed E-state index contributed by atoms with van der Waals surface area (Å²) in [6.07, 6.45) is 1.56. The molecule has 2 rings (SSSR count). The molecule has 0 fully saturated rings. The van der Waals surface area contributed by atoms with Crippen LogP contribution >= 0.6 is 0 Å². The van der Waals surface area contributed by atoms with E-state index in [4.69, 9.17) is 5.11 Å². The lowest BCUT2D eigenvalue weighted by Gasteiger charge is -2.19. The average Bonchev–Trinajstić information content (AvgIpc) is 2.70. The van der Waals surface area contributed by atoms with Crippen molar-refractivity contribution in [2.75, 3.05) is 0 Å². The molecule has 1 heterocycles. The summed E-state index contributed by atoms with van der Waals surface area (Å²) in [5.41, 5.74) is 4.28. The number of aryl methyl sites for hydroxylation is 2. The molecule has 1 aromatic carbocycles. The van der Waals surface area contributed by atoms with Gasteiger partial charge in [-0.25, -0.2) is 4.39 Å². The molecular weight excluding hydrogens is 389 g/mol. The van der Waals surface area contributed by atoms with E-state index in [1.165, 1.54) is 18.2 Å². The quantitative estimate of drug-likeness (QED) is 0.473. The highest BCUT2D eigenvalue weighted by Crippen LogP contribution is 2.33. The summed E-state index contributed by atoms with van der Waals surface area (Å²) in [7, 11) is 0. The Morgan fingerprint density at radius 2 is 1.77 bits per heavy atom. The molecule has 0 spiro atoms. The van der Waals surface area contributed by atoms with Gasteiger partial charge in [0.15, 0.2) is 0 Å². The minimum atomic E-state index is -1.17. The molecule has 162 valence electrons. The molecule has 6 nitrogen and oxygen atoms in total. The lowest BCUT2D eigenvalue weighted by atomic mass is 9.90. The predicted molar refractivity (Wildman–Crippen MR) is 112 cm³/mol. The number of hydrogen-bond donors (Lipinski definition) is 4. The number of aromatic nitrogens is 1. The Balaban J connectivity index is 2.53. The van der Waals surface area contributed by atoms with Crippen molar-refractivity contribution in [1.29, 1.82) is 0 Å². The normalized spacial score (nSPS) is 13.5. The summed E-state index contributed by atoms with van der Waals surface area (Å²) in [5, 5.41) is 38.7. The van der Waals surface area contributed by atoms with Gasteiger partial charge in [0.05, 0.1) is 25.2 Å². The lowest BCUT2D eigenvalue weighted by molar-refractivity contribution is -0.139. The molecule has 0 unspecified atom stereocenters. The number of aliphatic hydroxyl groups is 3. The van der Waals surface area contributed by atoms with Gasteiger partial charge in [-0.1, -0.05) is 38.1 Å². The van der Waals surface area contributed by atoms with Crippen LogP contribution in [0.1, 0.15) is 49.2 Å². The van der Waals surface area contributed by atoms with Gasteiger partial charge < -0.3 is 20.4 Å². The van der Waals surface area contributed by atoms with Crippen LogP contribution in [0, 0.1) is 5.82 Å². The van der Waals surface area contributed by atoms with E-state index in [0.717, 1.165) is 17.0 Å². The number of nitrogens with zero attached hydrogens (tertiary/aromatic N) is 1. The number of carboxylic acid groups (broad SMARTS) is 1. The van der Waals surface area contributed by atoms with Crippen LogP contribution in [0.3, 0.4) is 0 Å². The molecule has 0 aliphatic carbocycles. The van der Waals surface area contributed by atoms with E-state index < -0.39 is 24.6 Å². The topological polar surface area (TPSA) is 111 Å². The van der Waals surface area contributed by atoms with Crippen molar-refractivity contribution >= 4 is 12.0 Å². The van der Waals surface area contributed by atoms with Gasteiger partial charge in [0, 0.05) is 28.9 Å². The highest BCUT2D eigenvalue weighted by molar-refractivity contribution is 5.80. The highest BCUT2D eigenvalue weighted by Gasteiger charge is 2.19. The second kappa shape index (κ2) is 11.0. The first-order chi connectivity index (χ1) is 14.3. The van der Waals surface area contributed by atoms with Crippen molar-refractivity contribution < 1.29 is 29.6 Å². The fraction of sp³-hybridized carbons (Fsp3) is 0.391. The molecule has 4 N–H and O–H groups in total. The number of benzene rings is 1. The summed E-state index contributed by atoms with van der Waals surface area (Å²) < 4.78 is 13.5. The molecule has 0 saturated heterocycles. The smallest absolute Gasteiger partial charge is 0.305 e. The van der Waals surface area contributed by atoms with Crippen molar-refractivity contribution in [2.45, 2.75) is 58.3 Å². The van der Waals surface area contributed by atoms with Gasteiger partial charge in [0.2, 0.25) is 0 Å². The molecule has 1 aromatic heterocycles. The number of carboxylic acids is 1. The molecule has 0 saturated carbocycles. The summed E-state index contributed by atoms with van der Waals surface area (Å²) in [4.78, 5) is 15.4. The zero-order chi connectivity index (χ0) is 22.3. The van der Waals surface area contributed by atoms with Gasteiger partial charge in [-0.05, 0) is 36.1 Å². The van der Waals surface area contributed by atoms with Crippen LogP contribution in [-0.2, 0) is 24.2 Å². The fourth-order valence-corrected chi connectivity index (χ4v) is 3.45. The number of aliphatic hydroxyl groups excluding tert-OH is 3. The summed E-state index contributed by atoms with van der Waals surface area (Å²) in [5.74, 6) is -1.51. The second-order valence-corrected chi connectivity index (χ2v) is 7.06. The van der Waals surface area contributed by atoms with Crippen molar-refractivity contribution in [3.8, 4) is 11.1 Å². The van der Waals surface area contributed by atoms with Gasteiger partial charge in [-0.15, -0.1) is 0 Å². The van der Waals surface area contributed by atoms with Gasteiger partial charge in [-0.3, -0.25) is 9.78 Å². The van der Waals surface area contributed by atoms with Crippen LogP contribution in [0.15, 0.2) is 30.3 Å². The minimum absolute atomic E-state index is 0.122. The van der Waals surface area contributed by atoms with Crippen molar-refractivity contribution in [2.24, 2.45) is 0 Å². The molecular formula is C23H28FNO5. The maximum Gasteiger partial charge on any atom is 0.305 e. The summed E-state index contributed by atoms with van der Waals surface area (Å²) in [6.45, 7) is 3.64. The highest BCUT2D eigenvalue weighted by atomic mass is 19.1. The van der Waals surface area contributed by atoms with Gasteiger partial charge in [-0.2, -0.15) is 0 Å². The van der Waals surface area contributed by atoms with Crippen LogP contribution in [0.25, 0.3) is 17.2 Å². The van der Waals surface area contributed by atoms with Gasteiger partial charge in [0.1, 0.15) is 5.82 Å². The minimum Gasteiger partial charge on any atom is -0.481 e. The lowest BCUT2D eigenvalue weighted by Crippen LogP contribution is -2.19. The predicted octanol–water partition coefficient (Wildman–Crippen LogP) is 3.10. The Morgan fingerprint density at radius 1 is 1.13 bits per heavy atom. The SMILES string of the molecule is CCc1nc(CC)c(CO)c(-c2ccc(F)cc2)c1/C=C/[C@H](O)C[C@H](O)CC(=O)O. The van der Waals surface area contributed by atoms with Crippen molar-refractivity contribution in [3.05, 3.63) is 58.7 Å². The Bertz CT molecular complexity index is 895. The molecule has 0 radical (unpaired) electrons. The Hall–Kier alpha value is -2.61. The van der Waals surface area contributed by atoms with Crippen LogP contribution in [0.2, 0.25) is 0 Å². The Labute approximate surface area is 175 Å². The van der Waals surface area contributed by atoms with Crippen LogP contribution in [0.4, 0.5) is 4.39 Å². The number of hydrogen-bond acceptors (Lipinski definition) is 5. The van der Waals surface area contributed by atoms with E-state index in [-0.39, 0.29) is 18.8 Å². The maximum absolute atomic E-state index is 13.5. The number of halogens is 1. The largest absolute Gasteiger partial charge is 0.481 e. The van der Waals surface area contributed by atoms with Gasteiger partial charge >= 0.3 is 5.97 Å². The first-order valence-corrected chi connectivity index (χ1v) is 9.98. The van der Waals surface area contributed by atoms with E-state index in [1.54, 1.807) is 18.2 Å². The molecule has 7 heteroatoms. The summed E-state index contributed by atoms with van der Waals surface area (Å²) in [6, 6.07) is 5.96. The van der Waals surface area contributed by atoms with Crippen LogP contribution in [0.5, 0.6) is 0 Å². The van der Waals surface area contributed by atoms with Gasteiger partial charge in [0.25, 0.3) is 0 Å². The Kier molecular flexibility index (Phi) is 8.65. The zero-order valence-corrected chi connectivity index (χ0v) is 17.2. The number of carbonyl (C=O) groups is 1. The third kappa shape index (κ3) is 5.95. The van der Waals surface area contributed by atoms with Crippen LogP contribution < -0.4 is 0 Å². The number of pyridine rings is 1. The third-order valence-electron chi connectivity index (χ3n) is 4.87. The monoisotopic (exact) mass is 417 g/mol. The van der Waals surface area contributed by atoms with Crippen LogP contribution in [-0.4, -0.2) is 43.6 Å². The van der Waals surface area contributed by atoms with E-state index in [0.29, 0.717) is 29.5 Å². The third-order valence-corrected chi connectivity index (χ3v) is 4.87. The fourth-order valence-electron chi connectivity index (χ4n) is 3.45. The molecule has 2 atom stereocenters. The second-order valence-electron chi connectivity index (χ2n) is 7.06. The first-order valence-electron chi connectivity index (χ1n) is 9.98. The van der Waals surface area contributed by atoms with E-state index in [9.17, 15) is 24.5 Å². The standard InChI is InChI=1S/C23H28FNO5/c1-3-20-18(10-9-16(27)11-17(28)12-22(29)30)23(14-5-7-15(24)8-6-14)19(13-26)21(4-2)25-20/h5-10,16-17,26-28H,3-4,11-13H2,1-2H3,(H,29,30)/b10-9+/t16-,17-/m0/s1. The van der Waals surface area contributed by atoms with E-state index in [1.807, 2.05) is 13.8 Å². The van der Waals surface area contributed by atoms with Crippen molar-refractivity contribution in [1.82, 2.24) is 4.98 Å². The van der Waals surface area contributed by atoms with E-state index in [2.05, 4.69) is 4.98 Å². The number of rotatable bonds is 10. The Morgan fingerprint density at radius 3 is 2.30 bits per heavy atom. The van der Waals surface area contributed by atoms with Crippen molar-refractivity contribution in [3.63, 3.8) is 0 Å². The average molecular weight is 417 g/mol. The number of aliphatic carboxylic acids is 1. The van der Waals surface area contributed by atoms with E-state index >= 15 is 0 Å². The molecule has 0 bridgehead atoms. The zero-order valence-electron chi connectivity index (χ0n) is 17.2. The summed E-state index contributed by atoms with van der Waals surface area (Å²) >= 11 is 0. The molecule has 30 heavy (non-hydrogen) atoms. The molecule has 0 aliphatic rings. The molecule has 0 aliphatic heterocycles. The molecule has 0 amide bonds. The molecule has 2 aromatic rings. The first kappa shape index (κ1) is 23.7. The maximum atomic E-state index is 13.5.